The predicted octanol–water partition coefficient (Wildman–Crippen LogP) is 2.44. The zero-order valence-electron chi connectivity index (χ0n) is 10.4. The van der Waals surface area contributed by atoms with Crippen molar-refractivity contribution in [3.63, 3.8) is 0 Å². The molecule has 0 radical (unpaired) electrons. The maximum absolute atomic E-state index is 11.5. The van der Waals surface area contributed by atoms with Crippen LogP contribution in [0.15, 0.2) is 0 Å². The fourth-order valence-corrected chi connectivity index (χ4v) is 3.37. The van der Waals surface area contributed by atoms with Gasteiger partial charge in [0.15, 0.2) is 4.84 Å². The van der Waals surface area contributed by atoms with Gasteiger partial charge in [-0.05, 0) is 32.6 Å². The molecule has 0 aromatic rings. The summed E-state index contributed by atoms with van der Waals surface area (Å²) >= 11 is 16.2. The highest BCUT2D eigenvalue weighted by Gasteiger charge is 2.37. The minimum absolute atomic E-state index is 0.500. The Morgan fingerprint density at radius 2 is 1.76 bits per heavy atom. The second-order valence-corrected chi connectivity index (χ2v) is 8.64. The number of carbonyl (C=O) groups excluding carboxylic acids is 1. The molecule has 17 heavy (non-hydrogen) atoms. The average molecular weight is 323 g/mol. The van der Waals surface area contributed by atoms with Gasteiger partial charge in [0.1, 0.15) is 0 Å². The minimum Gasteiger partial charge on any atom is -0.320 e. The lowest BCUT2D eigenvalue weighted by Crippen LogP contribution is -2.52. The average Bonchev–Trinajstić information content (AvgIpc) is 2.22. The molecule has 0 aliphatic carbocycles. The van der Waals surface area contributed by atoms with E-state index in [4.69, 9.17) is 44.1 Å². The molecule has 0 bridgehead atoms. The van der Waals surface area contributed by atoms with Crippen molar-refractivity contribution in [2.45, 2.75) is 31.1 Å². The van der Waals surface area contributed by atoms with Crippen molar-refractivity contribution in [2.75, 3.05) is 14.2 Å². The summed E-state index contributed by atoms with van der Waals surface area (Å²) in [7, 11) is 2.85. The van der Waals surface area contributed by atoms with Crippen LogP contribution >= 0.6 is 29.8 Å². The molecule has 0 aliphatic heterocycles. The van der Waals surface area contributed by atoms with Gasteiger partial charge in [-0.25, -0.2) is 0 Å². The molecule has 0 rings (SSSR count). The van der Waals surface area contributed by atoms with Gasteiger partial charge in [0.25, 0.3) is 12.5 Å². The third kappa shape index (κ3) is 4.99. The van der Waals surface area contributed by atoms with Crippen LogP contribution in [0, 0.1) is 0 Å². The number of rotatable bonds is 5. The smallest absolute Gasteiger partial charge is 0.281 e. The van der Waals surface area contributed by atoms with Crippen molar-refractivity contribution in [3.8, 4) is 0 Å². The summed E-state index contributed by atoms with van der Waals surface area (Å²) in [5, 5.41) is 0. The van der Waals surface area contributed by atoms with Gasteiger partial charge >= 0.3 is 0 Å². The van der Waals surface area contributed by atoms with Crippen LogP contribution in [0.1, 0.15) is 20.8 Å². The van der Waals surface area contributed by atoms with E-state index in [0.717, 1.165) is 0 Å². The minimum atomic E-state index is -2.79. The van der Waals surface area contributed by atoms with Gasteiger partial charge in [0.05, 0.1) is 0 Å². The number of carbonyl (C=O) groups is 1. The van der Waals surface area contributed by atoms with Crippen LogP contribution in [0.5, 0.6) is 0 Å². The van der Waals surface area contributed by atoms with Crippen LogP contribution in [0.2, 0.25) is 0 Å². The molecule has 0 spiro atoms. The van der Waals surface area contributed by atoms with Crippen molar-refractivity contribution in [2.24, 2.45) is 0 Å². The van der Waals surface area contributed by atoms with Crippen molar-refractivity contribution < 1.29 is 13.8 Å². The van der Waals surface area contributed by atoms with Gasteiger partial charge in [-0.1, -0.05) is 23.2 Å². The Kier molecular flexibility index (Phi) is 6.89. The van der Waals surface area contributed by atoms with Gasteiger partial charge in [-0.15, -0.1) is 4.78 Å². The Morgan fingerprint density at radius 3 is 2.00 bits per heavy atom. The summed E-state index contributed by atoms with van der Waals surface area (Å²) in [6.07, 6.45) is 0. The van der Waals surface area contributed by atoms with E-state index < -0.39 is 22.9 Å². The molecule has 0 aromatic heterocycles. The molecule has 1 N–H and O–H groups in total. The van der Waals surface area contributed by atoms with Crippen LogP contribution in [0.25, 0.3) is 0 Å². The number of nitrogens with one attached hydrogen (secondary N) is 1. The molecule has 1 amide bonds. The fraction of sp³-hybridized carbons (Fsp3) is 0.875. The van der Waals surface area contributed by atoms with E-state index in [2.05, 4.69) is 5.43 Å². The molecule has 0 aromatic carbocycles. The topological polar surface area (TPSA) is 50.8 Å². The normalized spacial score (nSPS) is 13.2. The van der Waals surface area contributed by atoms with Crippen molar-refractivity contribution >= 4 is 47.6 Å². The quantitative estimate of drug-likeness (QED) is 0.478. The largest absolute Gasteiger partial charge is 0.320 e. The van der Waals surface area contributed by atoms with Gasteiger partial charge < -0.3 is 9.05 Å². The molecular weight excluding hydrogens is 306 g/mol. The Morgan fingerprint density at radius 1 is 1.35 bits per heavy atom. The molecular formula is C8H17Cl2N2O3PS. The van der Waals surface area contributed by atoms with E-state index in [9.17, 15) is 4.79 Å². The van der Waals surface area contributed by atoms with Crippen LogP contribution in [0.3, 0.4) is 0 Å². The lowest BCUT2D eigenvalue weighted by atomic mass is 10.1. The second-order valence-electron chi connectivity index (χ2n) is 4.09. The Balaban J connectivity index is 5.17. The number of halogens is 2. The molecule has 0 aliphatic rings. The van der Waals surface area contributed by atoms with Crippen molar-refractivity contribution in [3.05, 3.63) is 0 Å². The van der Waals surface area contributed by atoms with Gasteiger partial charge in [0.2, 0.25) is 0 Å². The van der Waals surface area contributed by atoms with Crippen LogP contribution < -0.4 is 5.43 Å². The number of hydrogen-bond donors (Lipinski definition) is 1. The number of amides is 1. The first kappa shape index (κ1) is 17.6. The van der Waals surface area contributed by atoms with E-state index in [1.165, 1.54) is 19.0 Å². The number of alkyl halides is 2. The first-order chi connectivity index (χ1) is 7.58. The van der Waals surface area contributed by atoms with Crippen LogP contribution in [-0.2, 0) is 25.6 Å². The summed E-state index contributed by atoms with van der Waals surface area (Å²) in [6.45, 7) is 2.76. The lowest BCUT2D eigenvalue weighted by molar-refractivity contribution is -0.124. The number of hydrogen-bond acceptors (Lipinski definition) is 4. The summed E-state index contributed by atoms with van der Waals surface area (Å²) in [4.78, 5) is 10.3. The highest BCUT2D eigenvalue weighted by molar-refractivity contribution is 8.08. The molecule has 0 saturated carbocycles. The van der Waals surface area contributed by atoms with Gasteiger partial charge in [-0.2, -0.15) is 0 Å². The van der Waals surface area contributed by atoms with E-state index in [-0.39, 0.29) is 0 Å². The number of nitrogens with zero attached hydrogens (tertiary/aromatic N) is 1. The first-order valence-electron chi connectivity index (χ1n) is 4.69. The van der Waals surface area contributed by atoms with Crippen LogP contribution in [-0.4, -0.2) is 35.3 Å². The van der Waals surface area contributed by atoms with Crippen LogP contribution in [0.4, 0.5) is 0 Å². The standard InChI is InChI=1S/C8H17Cl2N2O3PS/c1-8(2,3)12(11-7(13)6(9)10)16(17,14-4)15-5/h6H,1-5H3,(H,11,13). The molecule has 0 atom stereocenters. The summed E-state index contributed by atoms with van der Waals surface area (Å²) in [5.74, 6) is -0.577. The van der Waals surface area contributed by atoms with Gasteiger partial charge in [-0.3, -0.25) is 10.2 Å². The summed E-state index contributed by atoms with van der Waals surface area (Å²) in [6, 6.07) is 0. The SMILES string of the molecule is COP(=S)(OC)N(NC(=O)C(Cl)Cl)C(C)(C)C. The van der Waals surface area contributed by atoms with E-state index in [1.54, 1.807) is 0 Å². The summed E-state index contributed by atoms with van der Waals surface area (Å²) < 4.78 is 11.8. The Labute approximate surface area is 117 Å². The van der Waals surface area contributed by atoms with E-state index in [1.807, 2.05) is 20.8 Å². The zero-order chi connectivity index (χ0) is 13.9. The van der Waals surface area contributed by atoms with Crippen molar-refractivity contribution in [1.29, 1.82) is 0 Å². The number of hydrazine groups is 1. The molecule has 0 fully saturated rings. The third-order valence-electron chi connectivity index (χ3n) is 1.76. The Bertz CT molecular complexity index is 314. The van der Waals surface area contributed by atoms with Crippen molar-refractivity contribution in [1.82, 2.24) is 10.2 Å². The summed E-state index contributed by atoms with van der Waals surface area (Å²) in [5.41, 5.74) is 2.02. The monoisotopic (exact) mass is 322 g/mol. The zero-order valence-corrected chi connectivity index (χ0v) is 13.6. The molecule has 9 heteroatoms. The molecule has 5 nitrogen and oxygen atoms in total. The lowest BCUT2D eigenvalue weighted by Gasteiger charge is -2.40. The first-order valence-corrected chi connectivity index (χ1v) is 8.15. The highest BCUT2D eigenvalue weighted by atomic mass is 35.5. The predicted molar refractivity (Wildman–Crippen MR) is 73.5 cm³/mol. The second kappa shape index (κ2) is 6.66. The molecule has 0 saturated heterocycles. The molecule has 0 heterocycles. The third-order valence-corrected chi connectivity index (χ3v) is 5.65. The highest BCUT2D eigenvalue weighted by Crippen LogP contribution is 2.53. The maximum atomic E-state index is 11.5. The molecule has 0 unspecified atom stereocenters. The molecule has 102 valence electrons. The maximum Gasteiger partial charge on any atom is 0.281 e. The van der Waals surface area contributed by atoms with E-state index in [0.29, 0.717) is 0 Å². The Hall–Kier alpha value is 0.580. The fourth-order valence-electron chi connectivity index (χ4n) is 0.987. The van der Waals surface area contributed by atoms with Gasteiger partial charge in [0, 0.05) is 19.8 Å². The van der Waals surface area contributed by atoms with E-state index >= 15 is 0 Å².